The van der Waals surface area contributed by atoms with Crippen molar-refractivity contribution >= 4 is 28.7 Å². The molecular weight excluding hydrogens is 480 g/mol. The SMILES string of the molecule is O=C(Cc1ccc([N+](=O)[O-])cc1)Nc1cc(-c2cccs2)nn1-c1nc(-c2ccccc2)cc(=O)[nH]1. The molecule has 0 spiro atoms. The van der Waals surface area contributed by atoms with Gasteiger partial charge in [-0.15, -0.1) is 11.3 Å². The maximum atomic E-state index is 12.9. The highest BCUT2D eigenvalue weighted by atomic mass is 32.1. The second-order valence-corrected chi connectivity index (χ2v) is 8.72. The van der Waals surface area contributed by atoms with Crippen LogP contribution in [0.2, 0.25) is 0 Å². The van der Waals surface area contributed by atoms with Gasteiger partial charge >= 0.3 is 0 Å². The minimum atomic E-state index is -0.494. The fourth-order valence-corrected chi connectivity index (χ4v) is 4.27. The van der Waals surface area contributed by atoms with Crippen molar-refractivity contribution in [3.05, 3.63) is 110 Å². The minimum absolute atomic E-state index is 0.00842. The molecular formula is C25H18N6O4S. The van der Waals surface area contributed by atoms with E-state index in [9.17, 15) is 19.7 Å². The zero-order valence-electron chi connectivity index (χ0n) is 18.6. The number of thiophene rings is 1. The Morgan fingerprint density at radius 2 is 1.81 bits per heavy atom. The molecule has 0 aliphatic rings. The topological polar surface area (TPSA) is 136 Å². The number of carbonyl (C=O) groups is 1. The summed E-state index contributed by atoms with van der Waals surface area (Å²) in [7, 11) is 0. The smallest absolute Gasteiger partial charge is 0.269 e. The first-order valence-corrected chi connectivity index (χ1v) is 11.7. The van der Waals surface area contributed by atoms with E-state index in [4.69, 9.17) is 0 Å². The number of hydrogen-bond donors (Lipinski definition) is 2. The molecule has 5 aromatic rings. The van der Waals surface area contributed by atoms with Crippen molar-refractivity contribution in [2.75, 3.05) is 5.32 Å². The van der Waals surface area contributed by atoms with Gasteiger partial charge < -0.3 is 5.32 Å². The largest absolute Gasteiger partial charge is 0.310 e. The first kappa shape index (κ1) is 22.9. The fraction of sp³-hybridized carbons (Fsp3) is 0.0400. The van der Waals surface area contributed by atoms with Crippen LogP contribution in [0.1, 0.15) is 5.56 Å². The van der Waals surface area contributed by atoms with Crippen LogP contribution in [-0.4, -0.2) is 30.6 Å². The number of hydrogen-bond acceptors (Lipinski definition) is 7. The molecule has 0 saturated carbocycles. The van der Waals surface area contributed by atoms with Gasteiger partial charge in [-0.1, -0.05) is 48.5 Å². The lowest BCUT2D eigenvalue weighted by Gasteiger charge is -2.09. The number of nitro groups is 1. The molecule has 11 heteroatoms. The highest BCUT2D eigenvalue weighted by Gasteiger charge is 2.17. The van der Waals surface area contributed by atoms with E-state index < -0.39 is 4.92 Å². The number of anilines is 1. The van der Waals surface area contributed by atoms with Crippen LogP contribution in [0.5, 0.6) is 0 Å². The third-order valence-corrected chi connectivity index (χ3v) is 6.15. The fourth-order valence-electron chi connectivity index (χ4n) is 3.59. The monoisotopic (exact) mass is 498 g/mol. The van der Waals surface area contributed by atoms with Crippen LogP contribution in [0, 0.1) is 10.1 Å². The molecule has 0 saturated heterocycles. The van der Waals surface area contributed by atoms with Crippen molar-refractivity contribution < 1.29 is 9.72 Å². The number of carbonyl (C=O) groups excluding carboxylic acids is 1. The number of nitrogens with zero attached hydrogens (tertiary/aromatic N) is 4. The van der Waals surface area contributed by atoms with Crippen LogP contribution < -0.4 is 10.9 Å². The van der Waals surface area contributed by atoms with Crippen LogP contribution >= 0.6 is 11.3 Å². The molecule has 0 aliphatic heterocycles. The maximum Gasteiger partial charge on any atom is 0.269 e. The van der Waals surface area contributed by atoms with Crippen molar-refractivity contribution in [3.63, 3.8) is 0 Å². The van der Waals surface area contributed by atoms with Crippen molar-refractivity contribution in [1.29, 1.82) is 0 Å². The number of nitrogens with one attached hydrogen (secondary N) is 2. The number of H-pyrrole nitrogens is 1. The maximum absolute atomic E-state index is 12.9. The summed E-state index contributed by atoms with van der Waals surface area (Å²) in [6, 6.07) is 21.9. The number of benzene rings is 2. The Morgan fingerprint density at radius 3 is 2.50 bits per heavy atom. The summed E-state index contributed by atoms with van der Waals surface area (Å²) in [6.07, 6.45) is -0.00842. The summed E-state index contributed by atoms with van der Waals surface area (Å²) < 4.78 is 1.39. The van der Waals surface area contributed by atoms with E-state index in [0.29, 0.717) is 22.8 Å². The molecule has 3 heterocycles. The molecule has 0 radical (unpaired) electrons. The number of nitro benzene ring substituents is 1. The van der Waals surface area contributed by atoms with Crippen molar-refractivity contribution in [1.82, 2.24) is 19.7 Å². The Bertz CT molecular complexity index is 1590. The second-order valence-electron chi connectivity index (χ2n) is 7.77. The normalized spacial score (nSPS) is 10.8. The molecule has 2 aromatic carbocycles. The van der Waals surface area contributed by atoms with Gasteiger partial charge in [0.05, 0.1) is 21.9 Å². The quantitative estimate of drug-likeness (QED) is 0.251. The zero-order chi connectivity index (χ0) is 25.1. The number of non-ortho nitro benzene ring substituents is 1. The van der Waals surface area contributed by atoms with Gasteiger partial charge in [0, 0.05) is 29.8 Å². The Kier molecular flexibility index (Phi) is 6.20. The summed E-state index contributed by atoms with van der Waals surface area (Å²) in [6.45, 7) is 0. The van der Waals surface area contributed by atoms with E-state index >= 15 is 0 Å². The predicted octanol–water partition coefficient (Wildman–Crippen LogP) is 4.44. The van der Waals surface area contributed by atoms with Crippen LogP contribution in [0.25, 0.3) is 27.8 Å². The predicted molar refractivity (Wildman–Crippen MR) is 136 cm³/mol. The minimum Gasteiger partial charge on any atom is -0.310 e. The average molecular weight is 499 g/mol. The molecule has 0 bridgehead atoms. The van der Waals surface area contributed by atoms with E-state index in [-0.39, 0.29) is 29.5 Å². The van der Waals surface area contributed by atoms with Gasteiger partial charge in [-0.25, -0.2) is 4.98 Å². The van der Waals surface area contributed by atoms with E-state index in [0.717, 1.165) is 10.4 Å². The molecule has 0 unspecified atom stereocenters. The molecule has 0 atom stereocenters. The molecule has 5 rings (SSSR count). The van der Waals surface area contributed by atoms with Gasteiger partial charge in [-0.05, 0) is 17.0 Å². The molecule has 10 nitrogen and oxygen atoms in total. The number of aromatic nitrogens is 4. The highest BCUT2D eigenvalue weighted by molar-refractivity contribution is 7.13. The lowest BCUT2D eigenvalue weighted by atomic mass is 10.1. The first-order valence-electron chi connectivity index (χ1n) is 10.8. The van der Waals surface area contributed by atoms with Gasteiger partial charge in [0.2, 0.25) is 11.9 Å². The summed E-state index contributed by atoms with van der Waals surface area (Å²) in [4.78, 5) is 43.9. The first-order chi connectivity index (χ1) is 17.5. The number of amides is 1. The summed E-state index contributed by atoms with van der Waals surface area (Å²) >= 11 is 1.49. The van der Waals surface area contributed by atoms with Gasteiger partial charge in [0.15, 0.2) is 0 Å². The molecule has 178 valence electrons. The molecule has 0 fully saturated rings. The lowest BCUT2D eigenvalue weighted by molar-refractivity contribution is -0.384. The Hall–Kier alpha value is -4.90. The van der Waals surface area contributed by atoms with Crippen LogP contribution in [0.4, 0.5) is 11.5 Å². The second kappa shape index (κ2) is 9.76. The van der Waals surface area contributed by atoms with Crippen LogP contribution in [-0.2, 0) is 11.2 Å². The van der Waals surface area contributed by atoms with Gasteiger partial charge in [-0.3, -0.25) is 24.7 Å². The molecule has 0 aliphatic carbocycles. The third kappa shape index (κ3) is 4.95. The summed E-state index contributed by atoms with van der Waals surface area (Å²) in [5.41, 5.74) is 2.02. The third-order valence-electron chi connectivity index (χ3n) is 5.26. The van der Waals surface area contributed by atoms with E-state index in [1.807, 2.05) is 47.8 Å². The zero-order valence-corrected chi connectivity index (χ0v) is 19.4. The molecule has 1 amide bonds. The lowest BCUT2D eigenvalue weighted by Crippen LogP contribution is -2.19. The van der Waals surface area contributed by atoms with Crippen molar-refractivity contribution in [2.24, 2.45) is 0 Å². The van der Waals surface area contributed by atoms with Gasteiger partial charge in [-0.2, -0.15) is 9.78 Å². The van der Waals surface area contributed by atoms with Gasteiger partial charge in [0.25, 0.3) is 11.2 Å². The average Bonchev–Trinajstić information content (AvgIpc) is 3.55. The Morgan fingerprint density at radius 1 is 1.03 bits per heavy atom. The van der Waals surface area contributed by atoms with Crippen LogP contribution in [0.3, 0.4) is 0 Å². The van der Waals surface area contributed by atoms with Crippen molar-refractivity contribution in [2.45, 2.75) is 6.42 Å². The van der Waals surface area contributed by atoms with E-state index in [1.165, 1.54) is 46.4 Å². The number of aromatic amines is 1. The van der Waals surface area contributed by atoms with E-state index in [2.05, 4.69) is 20.4 Å². The Balaban J connectivity index is 1.49. The van der Waals surface area contributed by atoms with Crippen LogP contribution in [0.15, 0.2) is 89.0 Å². The summed E-state index contributed by atoms with van der Waals surface area (Å²) in [5.74, 6) is 0.109. The van der Waals surface area contributed by atoms with Crippen molar-refractivity contribution in [3.8, 4) is 27.8 Å². The Labute approximate surface area is 208 Å². The highest BCUT2D eigenvalue weighted by Crippen LogP contribution is 2.28. The standard InChI is InChI=1S/C25H18N6O4S/c32-23(13-16-8-10-18(11-9-16)31(34)35)27-22-14-20(21-7-4-12-36-21)29-30(22)25-26-19(15-24(33)28-25)17-5-2-1-3-6-17/h1-12,14-15H,13H2,(H,27,32)(H,26,28,33). The summed E-state index contributed by atoms with van der Waals surface area (Å²) in [5, 5.41) is 20.2. The molecule has 3 aromatic heterocycles. The number of rotatable bonds is 7. The van der Waals surface area contributed by atoms with Gasteiger partial charge in [0.1, 0.15) is 11.5 Å². The molecule has 36 heavy (non-hydrogen) atoms. The molecule has 2 N–H and O–H groups in total. The van der Waals surface area contributed by atoms with E-state index in [1.54, 1.807) is 6.07 Å².